The summed E-state index contributed by atoms with van der Waals surface area (Å²) in [6, 6.07) is 6.66. The summed E-state index contributed by atoms with van der Waals surface area (Å²) in [5.41, 5.74) is 7.75. The fourth-order valence-corrected chi connectivity index (χ4v) is 4.56. The first kappa shape index (κ1) is 28.3. The third-order valence-electron chi connectivity index (χ3n) is 6.74. The Kier molecular flexibility index (Phi) is 8.68. The maximum absolute atomic E-state index is 14.2. The molecule has 2 amide bonds. The first-order chi connectivity index (χ1) is 18.6. The number of rotatable bonds is 8. The Hall–Kier alpha value is -3.74. The number of nitrogen functional groups attached to an aromatic ring is 1. The standard InChI is InChI=1S/C26H32ClFN8O3/c1-16-23(27)18(14-19(29)24(16)28)25(38)30-20-13-17(5-6-22(20)35-10-8-33(2)9-11-35)36-15-21(31-32-36)26(39)34(3)7-4-12-37/h5-6,13-15,37H,4,7-12,29H2,1-3H3,(H,30,38). The molecule has 1 aromatic heterocycles. The summed E-state index contributed by atoms with van der Waals surface area (Å²) in [6.45, 7) is 5.04. The van der Waals surface area contributed by atoms with Crippen LogP contribution >= 0.6 is 11.6 Å². The van der Waals surface area contributed by atoms with E-state index < -0.39 is 11.7 Å². The Morgan fingerprint density at radius 2 is 1.95 bits per heavy atom. The minimum atomic E-state index is -0.657. The second-order valence-corrected chi connectivity index (χ2v) is 9.94. The summed E-state index contributed by atoms with van der Waals surface area (Å²) < 4.78 is 15.7. The monoisotopic (exact) mass is 558 g/mol. The lowest BCUT2D eigenvalue weighted by molar-refractivity contribution is 0.0780. The van der Waals surface area contributed by atoms with E-state index in [4.69, 9.17) is 22.4 Å². The van der Waals surface area contributed by atoms with Crippen molar-refractivity contribution in [2.45, 2.75) is 13.3 Å². The number of aromatic nitrogens is 3. The van der Waals surface area contributed by atoms with Crippen molar-refractivity contribution in [3.63, 3.8) is 0 Å². The predicted octanol–water partition coefficient (Wildman–Crippen LogP) is 2.41. The van der Waals surface area contributed by atoms with Crippen LogP contribution in [-0.2, 0) is 0 Å². The molecule has 13 heteroatoms. The van der Waals surface area contributed by atoms with E-state index in [0.29, 0.717) is 24.3 Å². The Balaban J connectivity index is 1.67. The summed E-state index contributed by atoms with van der Waals surface area (Å²) in [5, 5.41) is 20.0. The number of carbonyl (C=O) groups excluding carboxylic acids is 2. The highest BCUT2D eigenvalue weighted by molar-refractivity contribution is 6.35. The normalized spacial score (nSPS) is 13.9. The van der Waals surface area contributed by atoms with E-state index in [2.05, 4.69) is 32.5 Å². The van der Waals surface area contributed by atoms with Crippen molar-refractivity contribution in [2.24, 2.45) is 0 Å². The quantitative estimate of drug-likeness (QED) is 0.359. The number of aliphatic hydroxyl groups is 1. The average Bonchev–Trinajstić information content (AvgIpc) is 3.43. The van der Waals surface area contributed by atoms with Crippen LogP contribution in [0.3, 0.4) is 0 Å². The molecule has 0 bridgehead atoms. The van der Waals surface area contributed by atoms with Crippen molar-refractivity contribution in [1.82, 2.24) is 24.8 Å². The number of piperazine rings is 1. The van der Waals surface area contributed by atoms with E-state index >= 15 is 0 Å². The molecule has 1 aliphatic rings. The van der Waals surface area contributed by atoms with Crippen LogP contribution in [0.4, 0.5) is 21.5 Å². The van der Waals surface area contributed by atoms with Crippen LogP contribution in [0.15, 0.2) is 30.5 Å². The molecule has 1 saturated heterocycles. The number of nitrogens with one attached hydrogen (secondary N) is 1. The van der Waals surface area contributed by atoms with Crippen molar-refractivity contribution in [3.05, 3.63) is 58.1 Å². The van der Waals surface area contributed by atoms with Crippen LogP contribution in [0.5, 0.6) is 0 Å². The molecule has 4 N–H and O–H groups in total. The zero-order valence-electron chi connectivity index (χ0n) is 22.1. The summed E-state index contributed by atoms with van der Waals surface area (Å²) >= 11 is 6.31. The van der Waals surface area contributed by atoms with Gasteiger partial charge in [-0.1, -0.05) is 16.8 Å². The molecule has 0 saturated carbocycles. The fourth-order valence-electron chi connectivity index (χ4n) is 4.33. The predicted molar refractivity (Wildman–Crippen MR) is 148 cm³/mol. The second-order valence-electron chi connectivity index (χ2n) is 9.56. The van der Waals surface area contributed by atoms with E-state index in [-0.39, 0.29) is 40.0 Å². The lowest BCUT2D eigenvalue weighted by Crippen LogP contribution is -2.44. The van der Waals surface area contributed by atoms with Gasteiger partial charge in [-0.25, -0.2) is 9.07 Å². The van der Waals surface area contributed by atoms with E-state index in [9.17, 15) is 14.0 Å². The van der Waals surface area contributed by atoms with Gasteiger partial charge in [0.15, 0.2) is 11.5 Å². The number of benzene rings is 2. The molecule has 0 unspecified atom stereocenters. The largest absolute Gasteiger partial charge is 0.396 e. The zero-order chi connectivity index (χ0) is 28.3. The molecule has 0 atom stereocenters. The molecule has 1 fully saturated rings. The van der Waals surface area contributed by atoms with Gasteiger partial charge in [-0.2, -0.15) is 0 Å². The van der Waals surface area contributed by atoms with Gasteiger partial charge < -0.3 is 30.9 Å². The molecular formula is C26H32ClFN8O3. The molecule has 0 spiro atoms. The van der Waals surface area contributed by atoms with Gasteiger partial charge in [0.05, 0.1) is 39.5 Å². The first-order valence-corrected chi connectivity index (χ1v) is 12.9. The van der Waals surface area contributed by atoms with Crippen LogP contribution in [-0.4, -0.2) is 95.1 Å². The Morgan fingerprint density at radius 1 is 1.23 bits per heavy atom. The van der Waals surface area contributed by atoms with Gasteiger partial charge >= 0.3 is 0 Å². The van der Waals surface area contributed by atoms with Crippen LogP contribution in [0.25, 0.3) is 5.69 Å². The lowest BCUT2D eigenvalue weighted by atomic mass is 10.1. The molecule has 208 valence electrons. The van der Waals surface area contributed by atoms with Gasteiger partial charge in [0.25, 0.3) is 11.8 Å². The molecule has 2 aromatic carbocycles. The van der Waals surface area contributed by atoms with Crippen molar-refractivity contribution in [1.29, 1.82) is 0 Å². The minimum Gasteiger partial charge on any atom is -0.396 e. The molecule has 1 aliphatic heterocycles. The molecule has 39 heavy (non-hydrogen) atoms. The number of likely N-dealkylation sites (N-methyl/N-ethyl adjacent to an activating group) is 1. The molecule has 11 nitrogen and oxygen atoms in total. The van der Waals surface area contributed by atoms with Crippen LogP contribution in [0.1, 0.15) is 32.8 Å². The van der Waals surface area contributed by atoms with Crippen LogP contribution in [0.2, 0.25) is 5.02 Å². The topological polar surface area (TPSA) is 133 Å². The second kappa shape index (κ2) is 12.0. The van der Waals surface area contributed by atoms with E-state index in [1.807, 2.05) is 12.1 Å². The smallest absolute Gasteiger partial charge is 0.275 e. The summed E-state index contributed by atoms with van der Waals surface area (Å²) in [5.74, 6) is -1.52. The third-order valence-corrected chi connectivity index (χ3v) is 7.23. The average molecular weight is 559 g/mol. The molecule has 4 rings (SSSR count). The third kappa shape index (κ3) is 6.13. The SMILES string of the molecule is Cc1c(F)c(N)cc(C(=O)Nc2cc(-n3cc(C(=O)N(C)CCCO)nn3)ccc2N2CCN(C)CC2)c1Cl. The molecule has 3 aromatic rings. The zero-order valence-corrected chi connectivity index (χ0v) is 22.9. The highest BCUT2D eigenvalue weighted by Gasteiger charge is 2.23. The van der Waals surface area contributed by atoms with Gasteiger partial charge in [0.2, 0.25) is 0 Å². The van der Waals surface area contributed by atoms with Crippen molar-refractivity contribution in [2.75, 3.05) is 69.4 Å². The van der Waals surface area contributed by atoms with E-state index in [1.54, 1.807) is 13.1 Å². The number of nitrogens with zero attached hydrogens (tertiary/aromatic N) is 6. The van der Waals surface area contributed by atoms with Gasteiger partial charge in [0.1, 0.15) is 0 Å². The maximum atomic E-state index is 14.2. The molecule has 2 heterocycles. The number of carbonyl (C=O) groups is 2. The first-order valence-electron chi connectivity index (χ1n) is 12.5. The number of hydrogen-bond donors (Lipinski definition) is 3. The van der Waals surface area contributed by atoms with E-state index in [1.165, 1.54) is 28.8 Å². The van der Waals surface area contributed by atoms with Gasteiger partial charge in [0, 0.05) is 51.9 Å². The molecule has 0 radical (unpaired) electrons. The Labute approximate surface area is 230 Å². The highest BCUT2D eigenvalue weighted by Crippen LogP contribution is 2.32. The summed E-state index contributed by atoms with van der Waals surface area (Å²) in [6.07, 6.45) is 1.96. The molecule has 0 aliphatic carbocycles. The number of hydrogen-bond acceptors (Lipinski definition) is 8. The van der Waals surface area contributed by atoms with Gasteiger partial charge in [-0.15, -0.1) is 5.10 Å². The summed E-state index contributed by atoms with van der Waals surface area (Å²) in [7, 11) is 3.68. The fraction of sp³-hybridized carbons (Fsp3) is 0.385. The van der Waals surface area contributed by atoms with Gasteiger partial charge in [-0.3, -0.25) is 9.59 Å². The highest BCUT2D eigenvalue weighted by atomic mass is 35.5. The number of aliphatic hydroxyl groups excluding tert-OH is 1. The number of nitrogens with two attached hydrogens (primary N) is 1. The van der Waals surface area contributed by atoms with Crippen molar-refractivity contribution >= 4 is 40.5 Å². The maximum Gasteiger partial charge on any atom is 0.275 e. The Bertz CT molecular complexity index is 1370. The number of anilines is 3. The van der Waals surface area contributed by atoms with Crippen molar-refractivity contribution in [3.8, 4) is 5.69 Å². The summed E-state index contributed by atoms with van der Waals surface area (Å²) in [4.78, 5) is 31.9. The van der Waals surface area contributed by atoms with Gasteiger partial charge in [-0.05, 0) is 44.7 Å². The Morgan fingerprint density at radius 3 is 2.64 bits per heavy atom. The van der Waals surface area contributed by atoms with E-state index in [0.717, 1.165) is 31.9 Å². The van der Waals surface area contributed by atoms with Crippen LogP contribution < -0.4 is 16.0 Å². The minimum absolute atomic E-state index is 0.0127. The van der Waals surface area contributed by atoms with Crippen molar-refractivity contribution < 1.29 is 19.1 Å². The number of amides is 2. The molecular weight excluding hydrogens is 527 g/mol. The van der Waals surface area contributed by atoms with Crippen LogP contribution in [0, 0.1) is 12.7 Å². The lowest BCUT2D eigenvalue weighted by Gasteiger charge is -2.35. The number of halogens is 2.